The number of rotatable bonds is 3. The van der Waals surface area contributed by atoms with Crippen LogP contribution in [0.1, 0.15) is 37.2 Å². The maximum Gasteiger partial charge on any atom is 0.186 e. The van der Waals surface area contributed by atoms with E-state index in [9.17, 15) is 0 Å². The van der Waals surface area contributed by atoms with Crippen LogP contribution in [0.2, 0.25) is 0 Å². The summed E-state index contributed by atoms with van der Waals surface area (Å²) in [6.07, 6.45) is 1.89. The molecular weight excluding hydrogens is 260 g/mol. The normalized spacial score (nSPS) is 12.9. The van der Waals surface area contributed by atoms with Gasteiger partial charge in [-0.15, -0.1) is 11.3 Å². The first-order valence-electron chi connectivity index (χ1n) is 5.99. The van der Waals surface area contributed by atoms with Gasteiger partial charge in [-0.25, -0.2) is 4.98 Å². The standard InChI is InChI=1S/C13H18N4OS/c1-13(2,3)10-8-19-11(15-10)7-17-6-4-5-9(17)12(14)16-18/h4-6,8,18H,7H2,1-3H3,(H2,14,16). The Morgan fingerprint density at radius 3 is 2.84 bits per heavy atom. The summed E-state index contributed by atoms with van der Waals surface area (Å²) in [5.74, 6) is 0.109. The summed E-state index contributed by atoms with van der Waals surface area (Å²) in [4.78, 5) is 4.64. The van der Waals surface area contributed by atoms with Gasteiger partial charge in [0.25, 0.3) is 0 Å². The summed E-state index contributed by atoms with van der Waals surface area (Å²) in [7, 11) is 0. The molecule has 2 rings (SSSR count). The van der Waals surface area contributed by atoms with Crippen LogP contribution in [-0.2, 0) is 12.0 Å². The van der Waals surface area contributed by atoms with E-state index in [1.807, 2.05) is 22.9 Å². The van der Waals surface area contributed by atoms with Gasteiger partial charge in [0.2, 0.25) is 0 Å². The lowest BCUT2D eigenvalue weighted by Gasteiger charge is -2.14. The number of aromatic nitrogens is 2. The summed E-state index contributed by atoms with van der Waals surface area (Å²) in [5.41, 5.74) is 7.46. The number of nitrogens with two attached hydrogens (primary N) is 1. The van der Waals surface area contributed by atoms with Crippen molar-refractivity contribution in [2.75, 3.05) is 0 Å². The SMILES string of the molecule is CC(C)(C)c1csc(Cn2cccc2/C(N)=N/O)n1. The van der Waals surface area contributed by atoms with Crippen molar-refractivity contribution in [1.82, 2.24) is 9.55 Å². The minimum absolute atomic E-state index is 0.0554. The van der Waals surface area contributed by atoms with Gasteiger partial charge >= 0.3 is 0 Å². The van der Waals surface area contributed by atoms with Crippen molar-refractivity contribution in [3.63, 3.8) is 0 Å². The molecule has 0 aliphatic heterocycles. The number of oxime groups is 1. The van der Waals surface area contributed by atoms with E-state index in [0.717, 1.165) is 10.7 Å². The second-order valence-electron chi connectivity index (χ2n) is 5.38. The Morgan fingerprint density at radius 2 is 2.26 bits per heavy atom. The quantitative estimate of drug-likeness (QED) is 0.392. The molecule has 5 nitrogen and oxygen atoms in total. The molecule has 6 heteroatoms. The smallest absolute Gasteiger partial charge is 0.186 e. The van der Waals surface area contributed by atoms with Gasteiger partial charge in [0.05, 0.1) is 17.9 Å². The first-order chi connectivity index (χ1) is 8.91. The van der Waals surface area contributed by atoms with Gasteiger partial charge in [0, 0.05) is 17.0 Å². The molecule has 0 saturated heterocycles. The van der Waals surface area contributed by atoms with Crippen molar-refractivity contribution < 1.29 is 5.21 Å². The summed E-state index contributed by atoms with van der Waals surface area (Å²) in [5, 5.41) is 14.9. The lowest BCUT2D eigenvalue weighted by molar-refractivity contribution is 0.318. The molecule has 0 spiro atoms. The van der Waals surface area contributed by atoms with Crippen LogP contribution in [0.3, 0.4) is 0 Å². The molecule has 0 unspecified atom stereocenters. The van der Waals surface area contributed by atoms with E-state index >= 15 is 0 Å². The lowest BCUT2D eigenvalue weighted by Crippen LogP contribution is -2.18. The minimum Gasteiger partial charge on any atom is -0.409 e. The van der Waals surface area contributed by atoms with E-state index in [4.69, 9.17) is 10.9 Å². The predicted octanol–water partition coefficient (Wildman–Crippen LogP) is 2.38. The Morgan fingerprint density at radius 1 is 1.53 bits per heavy atom. The van der Waals surface area contributed by atoms with Crippen molar-refractivity contribution in [3.05, 3.63) is 40.1 Å². The first-order valence-corrected chi connectivity index (χ1v) is 6.87. The van der Waals surface area contributed by atoms with Crippen molar-refractivity contribution in [1.29, 1.82) is 0 Å². The molecule has 2 heterocycles. The van der Waals surface area contributed by atoms with Gasteiger partial charge < -0.3 is 15.5 Å². The van der Waals surface area contributed by atoms with Crippen LogP contribution >= 0.6 is 11.3 Å². The molecule has 0 bridgehead atoms. The molecule has 3 N–H and O–H groups in total. The van der Waals surface area contributed by atoms with Crippen LogP contribution in [-0.4, -0.2) is 20.6 Å². The third-order valence-electron chi connectivity index (χ3n) is 2.83. The number of hydrogen-bond acceptors (Lipinski definition) is 4. The fourth-order valence-corrected chi connectivity index (χ4v) is 2.73. The van der Waals surface area contributed by atoms with Crippen LogP contribution in [0, 0.1) is 0 Å². The van der Waals surface area contributed by atoms with Gasteiger partial charge in [-0.3, -0.25) is 0 Å². The van der Waals surface area contributed by atoms with Crippen LogP contribution in [0.4, 0.5) is 0 Å². The second kappa shape index (κ2) is 5.05. The number of hydrogen-bond donors (Lipinski definition) is 2. The molecule has 0 aliphatic rings. The summed E-state index contributed by atoms with van der Waals surface area (Å²) >= 11 is 1.63. The zero-order chi connectivity index (χ0) is 14.0. The molecule has 0 radical (unpaired) electrons. The van der Waals surface area contributed by atoms with E-state index in [-0.39, 0.29) is 11.3 Å². The van der Waals surface area contributed by atoms with Gasteiger partial charge in [-0.05, 0) is 12.1 Å². The highest BCUT2D eigenvalue weighted by atomic mass is 32.1. The van der Waals surface area contributed by atoms with Crippen LogP contribution < -0.4 is 5.73 Å². The Labute approximate surface area is 116 Å². The number of amidine groups is 1. The predicted molar refractivity (Wildman–Crippen MR) is 76.9 cm³/mol. The summed E-state index contributed by atoms with van der Waals surface area (Å²) in [6.45, 7) is 7.05. The van der Waals surface area contributed by atoms with E-state index < -0.39 is 0 Å². The second-order valence-corrected chi connectivity index (χ2v) is 6.33. The zero-order valence-corrected chi connectivity index (χ0v) is 12.1. The van der Waals surface area contributed by atoms with E-state index in [0.29, 0.717) is 12.2 Å². The molecule has 0 saturated carbocycles. The molecule has 0 fully saturated rings. The minimum atomic E-state index is 0.0554. The molecule has 0 aromatic carbocycles. The van der Waals surface area contributed by atoms with Crippen molar-refractivity contribution in [2.45, 2.75) is 32.7 Å². The molecular formula is C13H18N4OS. The molecule has 0 aliphatic carbocycles. The fraction of sp³-hybridized carbons (Fsp3) is 0.385. The van der Waals surface area contributed by atoms with E-state index in [2.05, 4.69) is 36.3 Å². The van der Waals surface area contributed by atoms with Gasteiger partial charge in [-0.2, -0.15) is 0 Å². The Hall–Kier alpha value is -1.82. The topological polar surface area (TPSA) is 76.4 Å². The molecule has 0 amide bonds. The maximum absolute atomic E-state index is 8.74. The zero-order valence-electron chi connectivity index (χ0n) is 11.3. The molecule has 102 valence electrons. The summed E-state index contributed by atoms with van der Waals surface area (Å²) in [6, 6.07) is 3.68. The van der Waals surface area contributed by atoms with Crippen LogP contribution in [0.5, 0.6) is 0 Å². The average Bonchev–Trinajstić information content (AvgIpc) is 2.97. The third kappa shape index (κ3) is 2.96. The number of nitrogens with zero attached hydrogens (tertiary/aromatic N) is 3. The van der Waals surface area contributed by atoms with Crippen LogP contribution in [0.25, 0.3) is 0 Å². The highest BCUT2D eigenvalue weighted by molar-refractivity contribution is 7.09. The average molecular weight is 278 g/mol. The monoisotopic (exact) mass is 278 g/mol. The van der Waals surface area contributed by atoms with E-state index in [1.165, 1.54) is 0 Å². The van der Waals surface area contributed by atoms with Crippen LogP contribution in [0.15, 0.2) is 28.9 Å². The highest BCUT2D eigenvalue weighted by Gasteiger charge is 2.17. The third-order valence-corrected chi connectivity index (χ3v) is 3.66. The van der Waals surface area contributed by atoms with Crippen molar-refractivity contribution in [2.24, 2.45) is 10.9 Å². The Kier molecular flexibility index (Phi) is 3.61. The fourth-order valence-electron chi connectivity index (χ4n) is 1.71. The number of thiazole rings is 1. The first kappa shape index (κ1) is 13.6. The molecule has 0 atom stereocenters. The lowest BCUT2D eigenvalue weighted by atomic mass is 9.93. The van der Waals surface area contributed by atoms with Crippen molar-refractivity contribution in [3.8, 4) is 0 Å². The molecule has 19 heavy (non-hydrogen) atoms. The highest BCUT2D eigenvalue weighted by Crippen LogP contribution is 2.24. The maximum atomic E-state index is 8.74. The van der Waals surface area contributed by atoms with E-state index in [1.54, 1.807) is 11.3 Å². The van der Waals surface area contributed by atoms with Gasteiger partial charge in [0.15, 0.2) is 5.84 Å². The largest absolute Gasteiger partial charge is 0.409 e. The summed E-state index contributed by atoms with van der Waals surface area (Å²) < 4.78 is 1.92. The Bertz CT molecular complexity index is 592. The van der Waals surface area contributed by atoms with Gasteiger partial charge in [0.1, 0.15) is 5.01 Å². The molecule has 2 aromatic heterocycles. The molecule has 2 aromatic rings. The Balaban J connectivity index is 2.23. The van der Waals surface area contributed by atoms with Crippen molar-refractivity contribution >= 4 is 17.2 Å². The van der Waals surface area contributed by atoms with Gasteiger partial charge in [-0.1, -0.05) is 25.9 Å².